The number of rotatable bonds is 3. The lowest BCUT2D eigenvalue weighted by molar-refractivity contribution is 0.249. The molecule has 0 amide bonds. The van der Waals surface area contributed by atoms with E-state index in [-0.39, 0.29) is 0 Å². The molecule has 0 aliphatic carbocycles. The lowest BCUT2D eigenvalue weighted by Gasteiger charge is -2.35. The van der Waals surface area contributed by atoms with Gasteiger partial charge >= 0.3 is 0 Å². The molecule has 21 heavy (non-hydrogen) atoms. The smallest absolute Gasteiger partial charge is 0.128 e. The van der Waals surface area contributed by atoms with E-state index in [2.05, 4.69) is 33.8 Å². The first-order chi connectivity index (χ1) is 10.2. The van der Waals surface area contributed by atoms with Gasteiger partial charge in [0.2, 0.25) is 0 Å². The topological polar surface area (TPSA) is 45.4 Å². The average Bonchev–Trinajstić information content (AvgIpc) is 2.53. The molecule has 110 valence electrons. The van der Waals surface area contributed by atoms with E-state index in [0.29, 0.717) is 0 Å². The van der Waals surface area contributed by atoms with Gasteiger partial charge in [-0.3, -0.25) is 4.90 Å². The van der Waals surface area contributed by atoms with Crippen LogP contribution in [-0.2, 0) is 6.54 Å². The van der Waals surface area contributed by atoms with E-state index in [1.807, 2.05) is 30.5 Å². The summed E-state index contributed by atoms with van der Waals surface area (Å²) in [5, 5.41) is 0. The fraction of sp³-hybridized carbons (Fsp3) is 0.353. The van der Waals surface area contributed by atoms with Crippen LogP contribution in [0.25, 0.3) is 0 Å². The third-order valence-electron chi connectivity index (χ3n) is 4.23. The number of anilines is 2. The molecule has 1 fully saturated rings. The first-order valence-corrected chi connectivity index (χ1v) is 7.46. The van der Waals surface area contributed by atoms with Gasteiger partial charge in [-0.15, -0.1) is 0 Å². The number of benzene rings is 1. The summed E-state index contributed by atoms with van der Waals surface area (Å²) in [6.45, 7) is 7.26. The second-order valence-corrected chi connectivity index (χ2v) is 5.58. The first-order valence-electron chi connectivity index (χ1n) is 7.46. The molecule has 1 aromatic heterocycles. The largest absolute Gasteiger partial charge is 0.399 e. The monoisotopic (exact) mass is 282 g/mol. The number of nitrogens with two attached hydrogens (primary N) is 1. The quantitative estimate of drug-likeness (QED) is 0.877. The van der Waals surface area contributed by atoms with E-state index in [0.717, 1.165) is 44.2 Å². The van der Waals surface area contributed by atoms with Crippen molar-refractivity contribution in [1.82, 2.24) is 9.88 Å². The molecule has 2 N–H and O–H groups in total. The Morgan fingerprint density at radius 3 is 2.57 bits per heavy atom. The molecular formula is C17H22N4. The van der Waals surface area contributed by atoms with Crippen molar-refractivity contribution in [3.05, 3.63) is 53.7 Å². The number of aromatic nitrogens is 1. The van der Waals surface area contributed by atoms with Gasteiger partial charge < -0.3 is 10.6 Å². The molecule has 4 heteroatoms. The Kier molecular flexibility index (Phi) is 4.06. The molecule has 1 aromatic carbocycles. The van der Waals surface area contributed by atoms with Crippen LogP contribution in [0, 0.1) is 6.92 Å². The van der Waals surface area contributed by atoms with Crippen molar-refractivity contribution in [2.75, 3.05) is 36.8 Å². The lowest BCUT2D eigenvalue weighted by atomic mass is 10.1. The van der Waals surface area contributed by atoms with Crippen LogP contribution >= 0.6 is 0 Å². The predicted octanol–water partition coefficient (Wildman–Crippen LogP) is 2.29. The van der Waals surface area contributed by atoms with Crippen molar-refractivity contribution in [1.29, 1.82) is 0 Å². The van der Waals surface area contributed by atoms with Crippen LogP contribution in [0.2, 0.25) is 0 Å². The first kappa shape index (κ1) is 13.9. The Morgan fingerprint density at radius 1 is 1.05 bits per heavy atom. The summed E-state index contributed by atoms with van der Waals surface area (Å²) < 4.78 is 0. The summed E-state index contributed by atoms with van der Waals surface area (Å²) in [7, 11) is 0. The minimum Gasteiger partial charge on any atom is -0.399 e. The van der Waals surface area contributed by atoms with Crippen molar-refractivity contribution in [2.24, 2.45) is 0 Å². The highest BCUT2D eigenvalue weighted by Crippen LogP contribution is 2.19. The number of nitrogen functional groups attached to an aromatic ring is 1. The van der Waals surface area contributed by atoms with Gasteiger partial charge in [-0.05, 0) is 36.2 Å². The van der Waals surface area contributed by atoms with Gasteiger partial charge in [0, 0.05) is 44.6 Å². The molecular weight excluding hydrogens is 260 g/mol. The fourth-order valence-electron chi connectivity index (χ4n) is 2.79. The molecule has 2 heterocycles. The Morgan fingerprint density at radius 2 is 1.86 bits per heavy atom. The number of nitrogens with zero attached hydrogens (tertiary/aromatic N) is 3. The maximum absolute atomic E-state index is 5.99. The van der Waals surface area contributed by atoms with Crippen LogP contribution in [0.3, 0.4) is 0 Å². The summed E-state index contributed by atoms with van der Waals surface area (Å²) in [6.07, 6.45) is 1.86. The Bertz CT molecular complexity index is 589. The summed E-state index contributed by atoms with van der Waals surface area (Å²) in [5.41, 5.74) is 9.42. The SMILES string of the molecule is Cc1c(N)cccc1CN1CCN(c2ccccn2)CC1. The van der Waals surface area contributed by atoms with Gasteiger partial charge in [0.05, 0.1) is 0 Å². The molecule has 0 radical (unpaired) electrons. The van der Waals surface area contributed by atoms with E-state index in [1.165, 1.54) is 11.1 Å². The van der Waals surface area contributed by atoms with Gasteiger partial charge in [-0.2, -0.15) is 0 Å². The molecule has 3 rings (SSSR count). The van der Waals surface area contributed by atoms with Gasteiger partial charge in [-0.25, -0.2) is 4.98 Å². The number of hydrogen-bond acceptors (Lipinski definition) is 4. The third-order valence-corrected chi connectivity index (χ3v) is 4.23. The molecule has 0 bridgehead atoms. The second kappa shape index (κ2) is 6.14. The van der Waals surface area contributed by atoms with Crippen molar-refractivity contribution in [3.63, 3.8) is 0 Å². The molecule has 0 unspecified atom stereocenters. The van der Waals surface area contributed by atoms with Crippen molar-refractivity contribution in [2.45, 2.75) is 13.5 Å². The van der Waals surface area contributed by atoms with E-state index in [4.69, 9.17) is 5.73 Å². The van der Waals surface area contributed by atoms with Gasteiger partial charge in [0.1, 0.15) is 5.82 Å². The molecule has 0 atom stereocenters. The normalized spacial score (nSPS) is 16.1. The molecule has 2 aromatic rings. The summed E-state index contributed by atoms with van der Waals surface area (Å²) in [6, 6.07) is 12.3. The second-order valence-electron chi connectivity index (χ2n) is 5.58. The van der Waals surface area contributed by atoms with Gasteiger partial charge in [-0.1, -0.05) is 18.2 Å². The zero-order valence-electron chi connectivity index (χ0n) is 12.5. The van der Waals surface area contributed by atoms with Crippen molar-refractivity contribution >= 4 is 11.5 Å². The molecule has 1 aliphatic rings. The number of pyridine rings is 1. The van der Waals surface area contributed by atoms with Crippen LogP contribution in [-0.4, -0.2) is 36.1 Å². The van der Waals surface area contributed by atoms with Gasteiger partial charge in [0.15, 0.2) is 0 Å². The highest BCUT2D eigenvalue weighted by molar-refractivity contribution is 5.50. The average molecular weight is 282 g/mol. The zero-order valence-corrected chi connectivity index (χ0v) is 12.5. The Balaban J connectivity index is 1.60. The minimum absolute atomic E-state index is 0.889. The summed E-state index contributed by atoms with van der Waals surface area (Å²) >= 11 is 0. The maximum atomic E-state index is 5.99. The van der Waals surface area contributed by atoms with Crippen LogP contribution in [0.1, 0.15) is 11.1 Å². The van der Waals surface area contributed by atoms with E-state index >= 15 is 0 Å². The third kappa shape index (κ3) is 3.16. The van der Waals surface area contributed by atoms with Crippen LogP contribution in [0.15, 0.2) is 42.6 Å². The zero-order chi connectivity index (χ0) is 14.7. The van der Waals surface area contributed by atoms with Crippen molar-refractivity contribution < 1.29 is 0 Å². The highest BCUT2D eigenvalue weighted by Gasteiger charge is 2.18. The fourth-order valence-corrected chi connectivity index (χ4v) is 2.79. The van der Waals surface area contributed by atoms with Crippen LogP contribution in [0.5, 0.6) is 0 Å². The summed E-state index contributed by atoms with van der Waals surface area (Å²) in [5.74, 6) is 1.08. The molecule has 0 spiro atoms. The molecule has 4 nitrogen and oxygen atoms in total. The van der Waals surface area contributed by atoms with E-state index < -0.39 is 0 Å². The molecule has 1 aliphatic heterocycles. The summed E-state index contributed by atoms with van der Waals surface area (Å²) in [4.78, 5) is 9.27. The maximum Gasteiger partial charge on any atom is 0.128 e. The highest BCUT2D eigenvalue weighted by atomic mass is 15.3. The lowest BCUT2D eigenvalue weighted by Crippen LogP contribution is -2.46. The Labute approximate surface area is 126 Å². The van der Waals surface area contributed by atoms with E-state index in [9.17, 15) is 0 Å². The standard InChI is InChI=1S/C17H22N4/c1-14-15(5-4-6-16(14)18)13-20-9-11-21(12-10-20)17-7-2-3-8-19-17/h2-8H,9-13,18H2,1H3. The number of piperazine rings is 1. The van der Waals surface area contributed by atoms with Crippen molar-refractivity contribution in [3.8, 4) is 0 Å². The Hall–Kier alpha value is -2.07. The van der Waals surface area contributed by atoms with E-state index in [1.54, 1.807) is 0 Å². The molecule has 1 saturated heterocycles. The van der Waals surface area contributed by atoms with Crippen LogP contribution < -0.4 is 10.6 Å². The predicted molar refractivity (Wildman–Crippen MR) is 87.3 cm³/mol. The van der Waals surface area contributed by atoms with Crippen LogP contribution in [0.4, 0.5) is 11.5 Å². The van der Waals surface area contributed by atoms with Gasteiger partial charge in [0.25, 0.3) is 0 Å². The minimum atomic E-state index is 0.889. The number of hydrogen-bond donors (Lipinski definition) is 1. The molecule has 0 saturated carbocycles.